The van der Waals surface area contributed by atoms with Crippen molar-refractivity contribution >= 4 is 41.3 Å². The number of carbonyl (C=O) groups excluding carboxylic acids is 2. The van der Waals surface area contributed by atoms with Crippen molar-refractivity contribution in [2.45, 2.75) is 0 Å². The third-order valence-corrected chi connectivity index (χ3v) is 4.42. The first kappa shape index (κ1) is 21.4. The van der Waals surface area contributed by atoms with Gasteiger partial charge in [0.15, 0.2) is 11.5 Å². The van der Waals surface area contributed by atoms with Crippen LogP contribution < -0.4 is 14.9 Å². The normalized spacial score (nSPS) is 10.6. The van der Waals surface area contributed by atoms with Gasteiger partial charge in [0.1, 0.15) is 0 Å². The molecule has 1 amide bonds. The van der Waals surface area contributed by atoms with Crippen molar-refractivity contribution in [3.63, 3.8) is 0 Å². The van der Waals surface area contributed by atoms with Gasteiger partial charge in [-0.3, -0.25) is 4.79 Å². The number of hydrogen-bond donors (Lipinski definition) is 1. The summed E-state index contributed by atoms with van der Waals surface area (Å²) in [7, 11) is 1.46. The Morgan fingerprint density at radius 1 is 0.900 bits per heavy atom. The first-order chi connectivity index (χ1) is 14.5. The monoisotopic (exact) mass is 442 g/mol. The summed E-state index contributed by atoms with van der Waals surface area (Å²) in [6, 6.07) is 17.7. The molecule has 1 N–H and O–H groups in total. The molecule has 0 unspecified atom stereocenters. The van der Waals surface area contributed by atoms with Crippen LogP contribution in [0.25, 0.3) is 0 Å². The van der Waals surface area contributed by atoms with E-state index in [1.165, 1.54) is 13.3 Å². The number of amides is 1. The highest BCUT2D eigenvalue weighted by Crippen LogP contribution is 2.28. The molecule has 0 saturated carbocycles. The molecule has 152 valence electrons. The summed E-state index contributed by atoms with van der Waals surface area (Å²) in [4.78, 5) is 24.3. The van der Waals surface area contributed by atoms with Gasteiger partial charge in [0.05, 0.1) is 18.9 Å². The van der Waals surface area contributed by atoms with Gasteiger partial charge in [0.25, 0.3) is 5.91 Å². The second-order valence-corrected chi connectivity index (χ2v) is 6.89. The predicted molar refractivity (Wildman–Crippen MR) is 116 cm³/mol. The smallest absolute Gasteiger partial charge is 0.343 e. The van der Waals surface area contributed by atoms with Crippen LogP contribution in [0.3, 0.4) is 0 Å². The van der Waals surface area contributed by atoms with E-state index in [0.717, 1.165) is 0 Å². The first-order valence-corrected chi connectivity index (χ1v) is 9.46. The second-order valence-electron chi connectivity index (χ2n) is 6.02. The summed E-state index contributed by atoms with van der Waals surface area (Å²) >= 11 is 11.7. The van der Waals surface area contributed by atoms with E-state index < -0.39 is 11.9 Å². The van der Waals surface area contributed by atoms with E-state index in [1.54, 1.807) is 66.7 Å². The molecular formula is C22H16Cl2N2O4. The van der Waals surface area contributed by atoms with Crippen LogP contribution in [-0.4, -0.2) is 25.2 Å². The molecule has 0 fully saturated rings. The standard InChI is InChI=1S/C22H16Cl2N2O4/c1-29-20-11-14(13-25-26-21(27)16-3-2-4-18(24)12-16)5-10-19(20)30-22(28)15-6-8-17(23)9-7-15/h2-13H,1H3,(H,26,27). The quantitative estimate of drug-likeness (QED) is 0.252. The Balaban J connectivity index is 1.67. The number of nitrogens with zero attached hydrogens (tertiary/aromatic N) is 1. The summed E-state index contributed by atoms with van der Waals surface area (Å²) in [5, 5.41) is 4.91. The van der Waals surface area contributed by atoms with Crippen LogP contribution in [-0.2, 0) is 0 Å². The van der Waals surface area contributed by atoms with Gasteiger partial charge in [0.2, 0.25) is 0 Å². The molecule has 3 aromatic rings. The number of hydrogen-bond acceptors (Lipinski definition) is 5. The topological polar surface area (TPSA) is 77.0 Å². The Morgan fingerprint density at radius 3 is 2.37 bits per heavy atom. The number of benzene rings is 3. The predicted octanol–water partition coefficient (Wildman–Crippen LogP) is 4.99. The summed E-state index contributed by atoms with van der Waals surface area (Å²) < 4.78 is 10.7. The highest BCUT2D eigenvalue weighted by molar-refractivity contribution is 6.31. The maximum absolute atomic E-state index is 12.3. The Kier molecular flexibility index (Phi) is 7.06. The maximum atomic E-state index is 12.3. The molecule has 0 bridgehead atoms. The molecule has 0 atom stereocenters. The van der Waals surface area contributed by atoms with E-state index in [2.05, 4.69) is 10.5 Å². The third-order valence-electron chi connectivity index (χ3n) is 3.94. The van der Waals surface area contributed by atoms with E-state index in [0.29, 0.717) is 32.5 Å². The van der Waals surface area contributed by atoms with Crippen LogP contribution in [0.2, 0.25) is 10.0 Å². The number of hydrazone groups is 1. The van der Waals surface area contributed by atoms with E-state index >= 15 is 0 Å². The Hall–Kier alpha value is -3.35. The van der Waals surface area contributed by atoms with Gasteiger partial charge >= 0.3 is 5.97 Å². The first-order valence-electron chi connectivity index (χ1n) is 8.71. The van der Waals surface area contributed by atoms with Crippen LogP contribution in [0.15, 0.2) is 71.8 Å². The molecule has 0 saturated heterocycles. The molecule has 6 nitrogen and oxygen atoms in total. The third kappa shape index (κ3) is 5.59. The Labute approximate surface area is 183 Å². The van der Waals surface area contributed by atoms with Gasteiger partial charge in [-0.25, -0.2) is 10.2 Å². The van der Waals surface area contributed by atoms with Gasteiger partial charge in [-0.05, 0) is 66.2 Å². The minimum absolute atomic E-state index is 0.248. The SMILES string of the molecule is COc1cc(C=NNC(=O)c2cccc(Cl)c2)ccc1OC(=O)c1ccc(Cl)cc1. The lowest BCUT2D eigenvalue weighted by Crippen LogP contribution is -2.17. The van der Waals surface area contributed by atoms with Crippen molar-refractivity contribution in [2.24, 2.45) is 5.10 Å². The summed E-state index contributed by atoms with van der Waals surface area (Å²) in [5.41, 5.74) is 3.80. The van der Waals surface area contributed by atoms with Crippen molar-refractivity contribution in [3.8, 4) is 11.5 Å². The zero-order chi connectivity index (χ0) is 21.5. The highest BCUT2D eigenvalue weighted by Gasteiger charge is 2.13. The molecule has 0 aliphatic rings. The van der Waals surface area contributed by atoms with E-state index in [4.69, 9.17) is 32.7 Å². The lowest BCUT2D eigenvalue weighted by Gasteiger charge is -2.10. The average molecular weight is 443 g/mol. The molecular weight excluding hydrogens is 427 g/mol. The van der Waals surface area contributed by atoms with Crippen molar-refractivity contribution in [2.75, 3.05) is 7.11 Å². The van der Waals surface area contributed by atoms with Crippen LogP contribution in [0.5, 0.6) is 11.5 Å². The summed E-state index contributed by atoms with van der Waals surface area (Å²) in [5.74, 6) is -0.352. The number of methoxy groups -OCH3 is 1. The molecule has 0 aliphatic heterocycles. The molecule has 0 aliphatic carbocycles. The molecule has 30 heavy (non-hydrogen) atoms. The largest absolute Gasteiger partial charge is 0.493 e. The van der Waals surface area contributed by atoms with Crippen molar-refractivity contribution < 1.29 is 19.1 Å². The molecule has 0 aromatic heterocycles. The second kappa shape index (κ2) is 9.91. The van der Waals surface area contributed by atoms with Crippen LogP contribution >= 0.6 is 23.2 Å². The molecule has 0 spiro atoms. The van der Waals surface area contributed by atoms with Crippen molar-refractivity contribution in [1.29, 1.82) is 0 Å². The summed E-state index contributed by atoms with van der Waals surface area (Å²) in [6.07, 6.45) is 1.44. The number of carbonyl (C=O) groups is 2. The maximum Gasteiger partial charge on any atom is 0.343 e. The minimum atomic E-state index is -0.542. The number of esters is 1. The number of ether oxygens (including phenoxy) is 2. The lowest BCUT2D eigenvalue weighted by atomic mass is 10.2. The van der Waals surface area contributed by atoms with E-state index in [-0.39, 0.29) is 5.75 Å². The number of halogens is 2. The number of nitrogens with one attached hydrogen (secondary N) is 1. The van der Waals surface area contributed by atoms with E-state index in [1.807, 2.05) is 0 Å². The average Bonchev–Trinajstić information content (AvgIpc) is 2.75. The summed E-state index contributed by atoms with van der Waals surface area (Å²) in [6.45, 7) is 0. The Bertz CT molecular complexity index is 1100. The van der Waals surface area contributed by atoms with Gasteiger partial charge < -0.3 is 9.47 Å². The van der Waals surface area contributed by atoms with Gasteiger partial charge in [-0.15, -0.1) is 0 Å². The van der Waals surface area contributed by atoms with Crippen LogP contribution in [0.4, 0.5) is 0 Å². The fourth-order valence-electron chi connectivity index (χ4n) is 2.45. The van der Waals surface area contributed by atoms with Crippen molar-refractivity contribution in [3.05, 3.63) is 93.5 Å². The zero-order valence-corrected chi connectivity index (χ0v) is 17.3. The zero-order valence-electron chi connectivity index (χ0n) is 15.8. The van der Waals surface area contributed by atoms with Gasteiger partial charge in [-0.1, -0.05) is 29.3 Å². The van der Waals surface area contributed by atoms with Gasteiger partial charge in [0, 0.05) is 15.6 Å². The highest BCUT2D eigenvalue weighted by atomic mass is 35.5. The lowest BCUT2D eigenvalue weighted by molar-refractivity contribution is 0.0729. The number of rotatable bonds is 6. The van der Waals surface area contributed by atoms with Crippen molar-refractivity contribution in [1.82, 2.24) is 5.43 Å². The fraction of sp³-hybridized carbons (Fsp3) is 0.0455. The molecule has 0 radical (unpaired) electrons. The fourth-order valence-corrected chi connectivity index (χ4v) is 2.77. The van der Waals surface area contributed by atoms with E-state index in [9.17, 15) is 9.59 Å². The van der Waals surface area contributed by atoms with Crippen LogP contribution in [0.1, 0.15) is 26.3 Å². The Morgan fingerprint density at radius 2 is 1.67 bits per heavy atom. The molecule has 0 heterocycles. The molecule has 3 aromatic carbocycles. The minimum Gasteiger partial charge on any atom is -0.493 e. The molecule has 3 rings (SSSR count). The van der Waals surface area contributed by atoms with Crippen LogP contribution in [0, 0.1) is 0 Å². The van der Waals surface area contributed by atoms with Gasteiger partial charge in [-0.2, -0.15) is 5.10 Å². The molecule has 8 heteroatoms.